The van der Waals surface area contributed by atoms with Gasteiger partial charge in [0.05, 0.1) is 0 Å². The van der Waals surface area contributed by atoms with Crippen molar-refractivity contribution in [2.24, 2.45) is 11.8 Å². The van der Waals surface area contributed by atoms with E-state index in [9.17, 15) is 0 Å². The molecule has 1 aromatic carbocycles. The zero-order chi connectivity index (χ0) is 12.4. The van der Waals surface area contributed by atoms with Crippen molar-refractivity contribution >= 4 is 0 Å². The van der Waals surface area contributed by atoms with Crippen molar-refractivity contribution in [3.8, 4) is 0 Å². The summed E-state index contributed by atoms with van der Waals surface area (Å²) >= 11 is 0. The molecule has 0 saturated heterocycles. The molecule has 3 rings (SSSR count). The van der Waals surface area contributed by atoms with E-state index in [0.29, 0.717) is 0 Å². The van der Waals surface area contributed by atoms with E-state index in [4.69, 9.17) is 0 Å². The number of fused-ring (bicyclic) bond motifs is 1. The summed E-state index contributed by atoms with van der Waals surface area (Å²) in [6.45, 7) is 3.46. The molecule has 0 radical (unpaired) electrons. The Morgan fingerprint density at radius 1 is 1.11 bits per heavy atom. The molecule has 0 bridgehead atoms. The van der Waals surface area contributed by atoms with Crippen LogP contribution in [0.25, 0.3) is 0 Å². The van der Waals surface area contributed by atoms with Crippen molar-refractivity contribution in [1.82, 2.24) is 5.32 Å². The Kier molecular flexibility index (Phi) is 3.69. The van der Waals surface area contributed by atoms with Crippen LogP contribution >= 0.6 is 0 Å². The lowest BCUT2D eigenvalue weighted by Gasteiger charge is -2.38. The number of benzene rings is 1. The Morgan fingerprint density at radius 2 is 1.78 bits per heavy atom. The molecule has 1 fully saturated rings. The molecule has 0 spiro atoms. The Balaban J connectivity index is 1.69. The molecule has 18 heavy (non-hydrogen) atoms. The van der Waals surface area contributed by atoms with E-state index in [1.54, 1.807) is 11.1 Å². The minimum Gasteiger partial charge on any atom is -0.313 e. The number of rotatable bonds is 5. The molecule has 1 nitrogen and oxygen atoms in total. The number of nitrogens with one attached hydrogen (secondary N) is 1. The topological polar surface area (TPSA) is 12.0 Å². The van der Waals surface area contributed by atoms with Crippen LogP contribution < -0.4 is 5.32 Å². The van der Waals surface area contributed by atoms with Gasteiger partial charge in [-0.3, -0.25) is 0 Å². The van der Waals surface area contributed by atoms with Crippen LogP contribution in [0.1, 0.15) is 43.7 Å². The summed E-state index contributed by atoms with van der Waals surface area (Å²) < 4.78 is 0. The average Bonchev–Trinajstić information content (AvgIpc) is 2.75. The van der Waals surface area contributed by atoms with Gasteiger partial charge in [-0.2, -0.15) is 0 Å². The van der Waals surface area contributed by atoms with Crippen molar-refractivity contribution in [1.29, 1.82) is 0 Å². The molecule has 0 aliphatic heterocycles. The fourth-order valence-corrected chi connectivity index (χ4v) is 3.67. The highest BCUT2D eigenvalue weighted by molar-refractivity contribution is 5.32. The Bertz CT molecular complexity index is 369. The molecule has 0 heterocycles. The second-order valence-electron chi connectivity index (χ2n) is 6.11. The highest BCUT2D eigenvalue weighted by atomic mass is 14.9. The van der Waals surface area contributed by atoms with E-state index in [0.717, 1.165) is 17.9 Å². The van der Waals surface area contributed by atoms with Crippen LogP contribution in [0.2, 0.25) is 0 Å². The molecule has 1 N–H and O–H groups in total. The largest absolute Gasteiger partial charge is 0.313 e. The van der Waals surface area contributed by atoms with Crippen molar-refractivity contribution in [3.63, 3.8) is 0 Å². The molecule has 1 unspecified atom stereocenters. The van der Waals surface area contributed by atoms with Gasteiger partial charge in [0.15, 0.2) is 0 Å². The van der Waals surface area contributed by atoms with Gasteiger partial charge in [-0.25, -0.2) is 0 Å². The second kappa shape index (κ2) is 5.44. The quantitative estimate of drug-likeness (QED) is 0.833. The van der Waals surface area contributed by atoms with Gasteiger partial charge in [-0.15, -0.1) is 0 Å². The third-order valence-electron chi connectivity index (χ3n) is 4.88. The predicted octanol–water partition coefficient (Wildman–Crippen LogP) is 3.57. The summed E-state index contributed by atoms with van der Waals surface area (Å²) in [5.74, 6) is 1.80. The van der Waals surface area contributed by atoms with Gasteiger partial charge >= 0.3 is 0 Å². The maximum Gasteiger partial charge on any atom is 0.0130 e. The second-order valence-corrected chi connectivity index (χ2v) is 6.11. The Morgan fingerprint density at radius 3 is 2.28 bits per heavy atom. The highest BCUT2D eigenvalue weighted by Crippen LogP contribution is 2.38. The van der Waals surface area contributed by atoms with E-state index in [2.05, 4.69) is 36.5 Å². The minimum atomic E-state index is 0.770. The molecular formula is C17H25N. The van der Waals surface area contributed by atoms with E-state index >= 15 is 0 Å². The normalized spacial score (nSPS) is 21.6. The Labute approximate surface area is 111 Å². The van der Waals surface area contributed by atoms with Gasteiger partial charge < -0.3 is 5.32 Å². The van der Waals surface area contributed by atoms with Crippen molar-refractivity contribution < 1.29 is 0 Å². The molecule has 98 valence electrons. The van der Waals surface area contributed by atoms with E-state index in [-0.39, 0.29) is 0 Å². The first-order valence-corrected chi connectivity index (χ1v) is 7.68. The molecule has 2 aliphatic rings. The molecule has 1 heteroatoms. The van der Waals surface area contributed by atoms with Crippen LogP contribution in [0, 0.1) is 11.8 Å². The van der Waals surface area contributed by atoms with Crippen LogP contribution in [-0.2, 0) is 12.8 Å². The van der Waals surface area contributed by atoms with Gasteiger partial charge in [0, 0.05) is 6.04 Å². The summed E-state index contributed by atoms with van der Waals surface area (Å²) in [4.78, 5) is 0. The smallest absolute Gasteiger partial charge is 0.0130 e. The van der Waals surface area contributed by atoms with E-state index in [1.165, 1.54) is 45.1 Å². The summed E-state index contributed by atoms with van der Waals surface area (Å²) in [6.07, 6.45) is 8.21. The average molecular weight is 243 g/mol. The van der Waals surface area contributed by atoms with Gasteiger partial charge in [0.1, 0.15) is 0 Å². The molecule has 1 saturated carbocycles. The zero-order valence-electron chi connectivity index (χ0n) is 11.5. The summed E-state index contributed by atoms with van der Waals surface area (Å²) in [5.41, 5.74) is 3.20. The first-order chi connectivity index (χ1) is 8.88. The molecular weight excluding hydrogens is 218 g/mol. The Hall–Kier alpha value is -0.820. The molecule has 1 atom stereocenters. The first-order valence-electron chi connectivity index (χ1n) is 7.68. The van der Waals surface area contributed by atoms with E-state index < -0.39 is 0 Å². The molecule has 0 amide bonds. The summed E-state index contributed by atoms with van der Waals surface area (Å²) in [5, 5.41) is 3.85. The van der Waals surface area contributed by atoms with Crippen molar-refractivity contribution in [2.75, 3.05) is 6.54 Å². The third kappa shape index (κ3) is 2.33. The fourth-order valence-electron chi connectivity index (χ4n) is 3.67. The monoisotopic (exact) mass is 243 g/mol. The summed E-state index contributed by atoms with van der Waals surface area (Å²) in [7, 11) is 0. The van der Waals surface area contributed by atoms with Gasteiger partial charge in [0.25, 0.3) is 0 Å². The van der Waals surface area contributed by atoms with Crippen LogP contribution in [0.5, 0.6) is 0 Å². The lowest BCUT2D eigenvalue weighted by atomic mass is 9.74. The van der Waals surface area contributed by atoms with Gasteiger partial charge in [-0.1, -0.05) is 37.6 Å². The SMILES string of the molecule is CCCNC(C1CCC1)C1Cc2ccccc2C1. The van der Waals surface area contributed by atoms with Crippen molar-refractivity contribution in [2.45, 2.75) is 51.5 Å². The molecule has 2 aliphatic carbocycles. The van der Waals surface area contributed by atoms with Crippen LogP contribution in [0.3, 0.4) is 0 Å². The van der Waals surface area contributed by atoms with Gasteiger partial charge in [-0.05, 0) is 61.6 Å². The molecule has 0 aromatic heterocycles. The number of hydrogen-bond donors (Lipinski definition) is 1. The highest BCUT2D eigenvalue weighted by Gasteiger charge is 2.35. The third-order valence-corrected chi connectivity index (χ3v) is 4.88. The molecule has 1 aromatic rings. The zero-order valence-corrected chi connectivity index (χ0v) is 11.5. The lowest BCUT2D eigenvalue weighted by molar-refractivity contribution is 0.177. The van der Waals surface area contributed by atoms with E-state index in [1.807, 2.05) is 0 Å². The maximum atomic E-state index is 3.85. The van der Waals surface area contributed by atoms with Gasteiger partial charge in [0.2, 0.25) is 0 Å². The van der Waals surface area contributed by atoms with Crippen molar-refractivity contribution in [3.05, 3.63) is 35.4 Å². The lowest BCUT2D eigenvalue weighted by Crippen LogP contribution is -2.45. The predicted molar refractivity (Wildman–Crippen MR) is 76.8 cm³/mol. The standard InChI is InChI=1S/C17H25N/c1-2-10-18-17(13-8-5-9-13)16-11-14-6-3-4-7-15(14)12-16/h3-4,6-7,13,16-18H,2,5,8-12H2,1H3. The van der Waals surface area contributed by atoms with Crippen LogP contribution in [0.4, 0.5) is 0 Å². The summed E-state index contributed by atoms with van der Waals surface area (Å²) in [6, 6.07) is 9.81. The number of hydrogen-bond acceptors (Lipinski definition) is 1. The van der Waals surface area contributed by atoms with Crippen LogP contribution in [-0.4, -0.2) is 12.6 Å². The minimum absolute atomic E-state index is 0.770. The fraction of sp³-hybridized carbons (Fsp3) is 0.647. The van der Waals surface area contributed by atoms with Crippen LogP contribution in [0.15, 0.2) is 24.3 Å². The maximum absolute atomic E-state index is 3.85. The first kappa shape index (κ1) is 12.2.